The highest BCUT2D eigenvalue weighted by Crippen LogP contribution is 2.65. The van der Waals surface area contributed by atoms with Crippen LogP contribution >= 0.6 is 0 Å². The van der Waals surface area contributed by atoms with E-state index in [1.54, 1.807) is 12.5 Å². The van der Waals surface area contributed by atoms with E-state index in [4.69, 9.17) is 4.74 Å². The van der Waals surface area contributed by atoms with Crippen LogP contribution in [0.15, 0.2) is 47.1 Å². The van der Waals surface area contributed by atoms with Crippen LogP contribution in [0, 0.1) is 35.0 Å². The minimum Gasteiger partial charge on any atom is -0.372 e. The van der Waals surface area contributed by atoms with Crippen LogP contribution in [0.25, 0.3) is 0 Å². The molecule has 4 nitrogen and oxygen atoms in total. The van der Waals surface area contributed by atoms with Gasteiger partial charge in [-0.05, 0) is 117 Å². The molecule has 1 saturated heterocycles. The lowest BCUT2D eigenvalue weighted by molar-refractivity contribution is -0.131. The molecule has 0 unspecified atom stereocenters. The van der Waals surface area contributed by atoms with Crippen LogP contribution in [0.3, 0.4) is 0 Å². The standard InChI is InChI=1S/C35H43NO3/c1-3-4-20-39-23-33(38)32-17-16-31-29-14-10-25-21-27(37)13-15-28(25)34(29)30(22-35(31,32)2)24-8-11-26(12-9-24)36-18-6-5-7-19-36/h8-9,11-12,21,29-32H,5-7,10,13-20,22-23H2,1-2H3/t29-,30+,31-,32+,35-/m0/s1. The van der Waals surface area contributed by atoms with Crippen molar-refractivity contribution >= 4 is 17.3 Å². The maximum Gasteiger partial charge on any atom is 0.162 e. The molecule has 3 fully saturated rings. The van der Waals surface area contributed by atoms with Gasteiger partial charge in [-0.1, -0.05) is 30.6 Å². The van der Waals surface area contributed by atoms with Gasteiger partial charge >= 0.3 is 0 Å². The summed E-state index contributed by atoms with van der Waals surface area (Å²) < 4.78 is 5.67. The zero-order valence-corrected chi connectivity index (χ0v) is 23.8. The van der Waals surface area contributed by atoms with Gasteiger partial charge < -0.3 is 9.64 Å². The third-order valence-electron chi connectivity index (χ3n) is 10.7. The molecule has 0 N–H and O–H groups in total. The van der Waals surface area contributed by atoms with Gasteiger partial charge in [-0.3, -0.25) is 9.59 Å². The summed E-state index contributed by atoms with van der Waals surface area (Å²) >= 11 is 0. The maximum absolute atomic E-state index is 13.5. The highest BCUT2D eigenvalue weighted by atomic mass is 16.5. The third-order valence-corrected chi connectivity index (χ3v) is 10.7. The number of rotatable bonds is 6. The largest absolute Gasteiger partial charge is 0.372 e. The van der Waals surface area contributed by atoms with Crippen LogP contribution in [0.4, 0.5) is 5.69 Å². The predicted molar refractivity (Wildman–Crippen MR) is 156 cm³/mol. The lowest BCUT2D eigenvalue weighted by Crippen LogP contribution is -2.45. The molecule has 0 amide bonds. The average molecular weight is 526 g/mol. The number of ether oxygens (including phenoxy) is 1. The molecule has 0 spiro atoms. The summed E-state index contributed by atoms with van der Waals surface area (Å²) in [5, 5.41) is 0. The van der Waals surface area contributed by atoms with Gasteiger partial charge in [-0.15, -0.1) is 5.92 Å². The Morgan fingerprint density at radius 2 is 1.85 bits per heavy atom. The van der Waals surface area contributed by atoms with Crippen molar-refractivity contribution in [3.05, 3.63) is 52.6 Å². The monoisotopic (exact) mass is 525 g/mol. The molecule has 1 aliphatic heterocycles. The highest BCUT2D eigenvalue weighted by molar-refractivity contribution is 5.93. The molecule has 5 atom stereocenters. The first-order chi connectivity index (χ1) is 19.0. The van der Waals surface area contributed by atoms with Gasteiger partial charge in [0, 0.05) is 37.0 Å². The topological polar surface area (TPSA) is 46.6 Å². The van der Waals surface area contributed by atoms with Crippen LogP contribution in [0.1, 0.15) is 89.5 Å². The van der Waals surface area contributed by atoms with E-state index in [1.807, 2.05) is 6.08 Å². The van der Waals surface area contributed by atoms with Gasteiger partial charge in [0.1, 0.15) is 13.2 Å². The first kappa shape index (κ1) is 26.6. The highest BCUT2D eigenvalue weighted by Gasteiger charge is 2.58. The first-order valence-corrected chi connectivity index (χ1v) is 15.3. The summed E-state index contributed by atoms with van der Waals surface area (Å²) in [4.78, 5) is 28.4. The lowest BCUT2D eigenvalue weighted by atomic mass is 9.51. The van der Waals surface area contributed by atoms with E-state index in [0.29, 0.717) is 30.8 Å². The van der Waals surface area contributed by atoms with Gasteiger partial charge in [-0.25, -0.2) is 0 Å². The lowest BCUT2D eigenvalue weighted by Gasteiger charge is -2.52. The Morgan fingerprint density at radius 3 is 2.62 bits per heavy atom. The Morgan fingerprint density at radius 1 is 1.05 bits per heavy atom. The summed E-state index contributed by atoms with van der Waals surface area (Å²) in [6, 6.07) is 9.40. The molecule has 1 aromatic rings. The van der Waals surface area contributed by atoms with Crippen molar-refractivity contribution in [1.29, 1.82) is 0 Å². The van der Waals surface area contributed by atoms with Crippen molar-refractivity contribution in [3.8, 4) is 11.8 Å². The van der Waals surface area contributed by atoms with Crippen LogP contribution < -0.4 is 4.90 Å². The second kappa shape index (κ2) is 11.1. The molecule has 1 heterocycles. The van der Waals surface area contributed by atoms with Crippen molar-refractivity contribution in [2.45, 2.75) is 84.0 Å². The number of anilines is 1. The zero-order chi connectivity index (χ0) is 27.0. The normalized spacial score (nSPS) is 32.0. The van der Waals surface area contributed by atoms with Crippen molar-refractivity contribution in [2.75, 3.05) is 31.2 Å². The number of allylic oxidation sites excluding steroid dienone is 4. The minimum atomic E-state index is -0.0342. The Labute approximate surface area is 234 Å². The number of fused-ring (bicyclic) bond motifs is 4. The van der Waals surface area contributed by atoms with Crippen LogP contribution in [-0.2, 0) is 14.3 Å². The minimum absolute atomic E-state index is 0.0342. The number of benzene rings is 1. The van der Waals surface area contributed by atoms with Gasteiger partial charge in [0.25, 0.3) is 0 Å². The van der Waals surface area contributed by atoms with Gasteiger partial charge in [-0.2, -0.15) is 0 Å². The maximum atomic E-state index is 13.5. The van der Waals surface area contributed by atoms with E-state index in [1.165, 1.54) is 41.7 Å². The SMILES string of the molecule is CC#CCOCC(=O)[C@H]1CC[C@H]2[C@@H]3CCC4=CC(=O)CCC4=C3[C@@H](c3ccc(N4CCCCC4)cc3)C[C@]12C. The molecule has 0 aromatic heterocycles. The zero-order valence-electron chi connectivity index (χ0n) is 23.8. The van der Waals surface area contributed by atoms with Crippen LogP contribution in [-0.4, -0.2) is 37.9 Å². The van der Waals surface area contributed by atoms with Crippen molar-refractivity contribution in [1.82, 2.24) is 0 Å². The Kier molecular flexibility index (Phi) is 7.56. The van der Waals surface area contributed by atoms with Crippen LogP contribution in [0.5, 0.6) is 0 Å². The molecule has 206 valence electrons. The summed E-state index contributed by atoms with van der Waals surface area (Å²) in [6.45, 7) is 7.01. The van der Waals surface area contributed by atoms with Gasteiger partial charge in [0.2, 0.25) is 0 Å². The van der Waals surface area contributed by atoms with E-state index in [0.717, 1.165) is 51.6 Å². The van der Waals surface area contributed by atoms with Gasteiger partial charge in [0.15, 0.2) is 11.6 Å². The number of nitrogens with zero attached hydrogens (tertiary/aromatic N) is 1. The molecule has 6 rings (SSSR count). The van der Waals surface area contributed by atoms with Crippen molar-refractivity contribution < 1.29 is 14.3 Å². The summed E-state index contributed by atoms with van der Waals surface area (Å²) in [5.74, 6) is 7.68. The van der Waals surface area contributed by atoms with Crippen LogP contribution in [0.2, 0.25) is 0 Å². The Balaban J connectivity index is 1.35. The number of ketones is 2. The molecule has 2 saturated carbocycles. The Bertz CT molecular complexity index is 1240. The number of carbonyl (C=O) groups is 2. The second-order valence-electron chi connectivity index (χ2n) is 12.7. The predicted octanol–water partition coefficient (Wildman–Crippen LogP) is 6.80. The fraction of sp³-hybridized carbons (Fsp3) is 0.600. The Hall–Kier alpha value is -2.64. The number of Topliss-reactive ketones (excluding diaryl/α,β-unsaturated/α-hetero) is 1. The first-order valence-electron chi connectivity index (χ1n) is 15.3. The molecule has 39 heavy (non-hydrogen) atoms. The smallest absolute Gasteiger partial charge is 0.162 e. The fourth-order valence-corrected chi connectivity index (χ4v) is 8.93. The molecule has 1 aromatic carbocycles. The molecule has 5 aliphatic rings. The second-order valence-corrected chi connectivity index (χ2v) is 12.7. The molecule has 4 aliphatic carbocycles. The molecule has 0 radical (unpaired) electrons. The molecule has 4 heteroatoms. The van der Waals surface area contributed by atoms with E-state index in [-0.39, 0.29) is 29.5 Å². The van der Waals surface area contributed by atoms with E-state index >= 15 is 0 Å². The fourth-order valence-electron chi connectivity index (χ4n) is 8.93. The molecular weight excluding hydrogens is 482 g/mol. The number of hydrogen-bond acceptors (Lipinski definition) is 4. The quantitative estimate of drug-likeness (QED) is 0.303. The average Bonchev–Trinajstić information content (AvgIpc) is 3.32. The van der Waals surface area contributed by atoms with Crippen molar-refractivity contribution in [3.63, 3.8) is 0 Å². The number of piperidine rings is 1. The van der Waals surface area contributed by atoms with E-state index in [2.05, 4.69) is 47.9 Å². The number of carbonyl (C=O) groups excluding carboxylic acids is 2. The summed E-state index contributed by atoms with van der Waals surface area (Å²) in [5.41, 5.74) is 7.07. The van der Waals surface area contributed by atoms with Crippen molar-refractivity contribution in [2.24, 2.45) is 23.2 Å². The number of hydrogen-bond donors (Lipinski definition) is 0. The molecular formula is C35H43NO3. The van der Waals surface area contributed by atoms with Gasteiger partial charge in [0.05, 0.1) is 0 Å². The summed E-state index contributed by atoms with van der Waals surface area (Å²) in [7, 11) is 0. The molecule has 0 bridgehead atoms. The van der Waals surface area contributed by atoms with E-state index < -0.39 is 0 Å². The van der Waals surface area contributed by atoms with E-state index in [9.17, 15) is 9.59 Å². The third kappa shape index (κ3) is 4.93. The summed E-state index contributed by atoms with van der Waals surface area (Å²) in [6.07, 6.45) is 12.5.